The summed E-state index contributed by atoms with van der Waals surface area (Å²) < 4.78 is 48.1. The van der Waals surface area contributed by atoms with E-state index in [9.17, 15) is 38.2 Å². The standard InChI is InChI=1S/C75H145NO11S/c1-3-5-7-9-11-13-15-17-19-21-23-25-27-28-29-30-31-32-33-34-35-36-37-38-39-40-41-42-43-45-47-49-51-53-55-57-59-61-63-65-71(79)76-68(67-85-75-73(81)74(87-88(82,83)84)72(80)70(66-77)86-75)69(78)64-62-60-58-56-54-52-50-48-46-44-26-24-22-20-18-16-14-12-10-8-6-4-2/h34-35,62,64,68-70,72-75,77-78,80-81H,3-33,36-61,63,65-67H2,1-2H3,(H,76,79)(H,82,83,84)/b35-34-,64-62+. The van der Waals surface area contributed by atoms with E-state index in [1.54, 1.807) is 6.08 Å². The minimum atomic E-state index is -5.09. The van der Waals surface area contributed by atoms with Crippen molar-refractivity contribution in [1.29, 1.82) is 0 Å². The van der Waals surface area contributed by atoms with Crippen LogP contribution >= 0.6 is 0 Å². The third-order valence-electron chi connectivity index (χ3n) is 18.5. The van der Waals surface area contributed by atoms with Crippen molar-refractivity contribution in [3.05, 3.63) is 24.3 Å². The number of nitrogens with one attached hydrogen (secondary N) is 1. The van der Waals surface area contributed by atoms with Gasteiger partial charge < -0.3 is 35.2 Å². The van der Waals surface area contributed by atoms with E-state index in [-0.39, 0.29) is 18.9 Å². The summed E-state index contributed by atoms with van der Waals surface area (Å²) in [5.74, 6) is -0.254. The Morgan fingerprint density at radius 1 is 0.443 bits per heavy atom. The second kappa shape index (κ2) is 64.3. The van der Waals surface area contributed by atoms with Gasteiger partial charge in [0.2, 0.25) is 5.91 Å². The molecule has 0 aromatic heterocycles. The number of aliphatic hydroxyl groups excluding tert-OH is 4. The maximum Gasteiger partial charge on any atom is 0.397 e. The van der Waals surface area contributed by atoms with Crippen LogP contribution in [0.5, 0.6) is 0 Å². The number of hydrogen-bond acceptors (Lipinski definition) is 10. The van der Waals surface area contributed by atoms with Crippen molar-refractivity contribution < 1.29 is 51.8 Å². The quantitative estimate of drug-likeness (QED) is 0.0193. The highest BCUT2D eigenvalue weighted by Gasteiger charge is 2.48. The van der Waals surface area contributed by atoms with Crippen molar-refractivity contribution in [3.8, 4) is 0 Å². The van der Waals surface area contributed by atoms with E-state index in [1.807, 2.05) is 6.08 Å². The van der Waals surface area contributed by atoms with Gasteiger partial charge in [0, 0.05) is 6.42 Å². The Morgan fingerprint density at radius 2 is 0.727 bits per heavy atom. The highest BCUT2D eigenvalue weighted by atomic mass is 32.3. The van der Waals surface area contributed by atoms with Gasteiger partial charge in [-0.25, -0.2) is 4.18 Å². The average Bonchev–Trinajstić information content (AvgIpc) is 2.03. The van der Waals surface area contributed by atoms with Crippen molar-refractivity contribution in [1.82, 2.24) is 5.32 Å². The minimum Gasteiger partial charge on any atom is -0.394 e. The smallest absolute Gasteiger partial charge is 0.394 e. The molecule has 522 valence electrons. The third-order valence-corrected chi connectivity index (χ3v) is 18.9. The van der Waals surface area contributed by atoms with E-state index in [4.69, 9.17) is 9.47 Å². The van der Waals surface area contributed by atoms with Crippen LogP contribution in [0.15, 0.2) is 24.3 Å². The number of unbranched alkanes of at least 4 members (excludes halogenated alkanes) is 55. The second-order valence-corrected chi connectivity index (χ2v) is 28.0. The van der Waals surface area contributed by atoms with Gasteiger partial charge in [0.25, 0.3) is 0 Å². The van der Waals surface area contributed by atoms with Crippen LogP contribution in [0.4, 0.5) is 0 Å². The molecule has 0 aromatic carbocycles. The first-order valence-corrected chi connectivity index (χ1v) is 39.6. The summed E-state index contributed by atoms with van der Waals surface area (Å²) >= 11 is 0. The predicted molar refractivity (Wildman–Crippen MR) is 370 cm³/mol. The lowest BCUT2D eigenvalue weighted by atomic mass is 9.99. The number of carbonyl (C=O) groups is 1. The van der Waals surface area contributed by atoms with Gasteiger partial charge in [-0.15, -0.1) is 0 Å². The van der Waals surface area contributed by atoms with Crippen LogP contribution < -0.4 is 5.32 Å². The van der Waals surface area contributed by atoms with Crippen LogP contribution in [0, 0.1) is 0 Å². The molecular formula is C75H145NO11S. The predicted octanol–water partition coefficient (Wildman–Crippen LogP) is 20.6. The first kappa shape index (κ1) is 84.6. The maximum absolute atomic E-state index is 13.2. The molecule has 1 fully saturated rings. The molecule has 0 aromatic rings. The van der Waals surface area contributed by atoms with E-state index in [0.717, 1.165) is 38.5 Å². The molecule has 1 heterocycles. The van der Waals surface area contributed by atoms with Gasteiger partial charge in [0.15, 0.2) is 6.29 Å². The Hall–Kier alpha value is -1.42. The first-order chi connectivity index (χ1) is 43.0. The van der Waals surface area contributed by atoms with E-state index in [2.05, 4.69) is 35.5 Å². The number of carbonyl (C=O) groups excluding carboxylic acids is 1. The molecule has 13 heteroatoms. The fourth-order valence-electron chi connectivity index (χ4n) is 12.6. The lowest BCUT2D eigenvalue weighted by Crippen LogP contribution is -2.61. The zero-order valence-electron chi connectivity index (χ0n) is 57.6. The van der Waals surface area contributed by atoms with Crippen LogP contribution in [0.2, 0.25) is 0 Å². The second-order valence-electron chi connectivity index (χ2n) is 26.9. The van der Waals surface area contributed by atoms with Crippen LogP contribution in [-0.2, 0) is 28.9 Å². The van der Waals surface area contributed by atoms with Crippen molar-refractivity contribution >= 4 is 16.3 Å². The summed E-state index contributed by atoms with van der Waals surface area (Å²) in [5, 5.41) is 45.2. The Balaban J connectivity index is 2.16. The SMILES string of the molecule is CCCCCCCCCCCCCCCCCCCC/C=C\CCCCCCCCCCCCCCCCCCCC(=O)NC(COC1OC(CO)C(O)C(OS(=O)(=O)O)C1O)C(O)/C=C/CCCCCCCCCCCCCCCCCCCCCC. The summed E-state index contributed by atoms with van der Waals surface area (Å²) in [5.41, 5.74) is 0. The lowest BCUT2D eigenvalue weighted by Gasteiger charge is -2.41. The molecule has 0 aliphatic carbocycles. The summed E-state index contributed by atoms with van der Waals surface area (Å²) in [4.78, 5) is 13.2. The van der Waals surface area contributed by atoms with E-state index < -0.39 is 59.9 Å². The third kappa shape index (κ3) is 55.1. The normalized spacial score (nSPS) is 18.1. The molecule has 7 unspecified atom stereocenters. The van der Waals surface area contributed by atoms with Gasteiger partial charge in [-0.05, 0) is 44.9 Å². The largest absolute Gasteiger partial charge is 0.397 e. The Kier molecular flexibility index (Phi) is 61.8. The molecule has 88 heavy (non-hydrogen) atoms. The molecule has 1 amide bonds. The lowest BCUT2D eigenvalue weighted by molar-refractivity contribution is -0.298. The maximum atomic E-state index is 13.2. The minimum absolute atomic E-state index is 0.254. The molecule has 12 nitrogen and oxygen atoms in total. The molecule has 1 aliphatic rings. The van der Waals surface area contributed by atoms with Crippen LogP contribution in [0.25, 0.3) is 0 Å². The Bertz CT molecular complexity index is 1630. The number of allylic oxidation sites excluding steroid dienone is 3. The fraction of sp³-hybridized carbons (Fsp3) is 0.933. The fourth-order valence-corrected chi connectivity index (χ4v) is 13.1. The van der Waals surface area contributed by atoms with Crippen LogP contribution in [-0.4, -0.2) is 95.4 Å². The average molecular weight is 1270 g/mol. The zero-order chi connectivity index (χ0) is 63.9. The molecule has 0 saturated carbocycles. The number of amides is 1. The molecule has 1 rings (SSSR count). The molecule has 1 aliphatic heterocycles. The molecular weight excluding hydrogens is 1120 g/mol. The van der Waals surface area contributed by atoms with Crippen LogP contribution in [0.1, 0.15) is 393 Å². The summed E-state index contributed by atoms with van der Waals surface area (Å²) in [6.45, 7) is 3.47. The molecule has 1 saturated heterocycles. The molecule has 6 N–H and O–H groups in total. The van der Waals surface area contributed by atoms with Gasteiger partial charge in [0.05, 0.1) is 25.4 Å². The van der Waals surface area contributed by atoms with Gasteiger partial charge in [-0.1, -0.05) is 366 Å². The summed E-state index contributed by atoms with van der Waals surface area (Å²) in [7, 11) is -5.09. The Labute approximate surface area is 543 Å². The van der Waals surface area contributed by atoms with Crippen LogP contribution in [0.3, 0.4) is 0 Å². The van der Waals surface area contributed by atoms with Crippen molar-refractivity contribution in [2.75, 3.05) is 13.2 Å². The molecule has 0 bridgehead atoms. The number of aliphatic hydroxyl groups is 4. The van der Waals surface area contributed by atoms with Gasteiger partial charge in [-0.3, -0.25) is 9.35 Å². The molecule has 7 atom stereocenters. The summed E-state index contributed by atoms with van der Waals surface area (Å²) in [6, 6.07) is -0.944. The van der Waals surface area contributed by atoms with E-state index in [1.165, 1.54) is 327 Å². The highest BCUT2D eigenvalue weighted by Crippen LogP contribution is 2.27. The van der Waals surface area contributed by atoms with E-state index >= 15 is 0 Å². The van der Waals surface area contributed by atoms with Gasteiger partial charge in [-0.2, -0.15) is 8.42 Å². The number of rotatable bonds is 69. The van der Waals surface area contributed by atoms with Crippen molar-refractivity contribution in [3.63, 3.8) is 0 Å². The molecule has 0 spiro atoms. The Morgan fingerprint density at radius 3 is 1.02 bits per heavy atom. The zero-order valence-corrected chi connectivity index (χ0v) is 58.4. The summed E-state index contributed by atoms with van der Waals surface area (Å²) in [6.07, 6.45) is 75.7. The molecule has 0 radical (unpaired) electrons. The highest BCUT2D eigenvalue weighted by molar-refractivity contribution is 7.80. The van der Waals surface area contributed by atoms with Crippen molar-refractivity contribution in [2.45, 2.75) is 436 Å². The van der Waals surface area contributed by atoms with E-state index in [0.29, 0.717) is 6.42 Å². The topological polar surface area (TPSA) is 192 Å². The monoisotopic (exact) mass is 1270 g/mol. The van der Waals surface area contributed by atoms with Gasteiger partial charge >= 0.3 is 10.4 Å². The van der Waals surface area contributed by atoms with Crippen molar-refractivity contribution in [2.24, 2.45) is 0 Å². The number of hydrogen-bond donors (Lipinski definition) is 6. The first-order valence-electron chi connectivity index (χ1n) is 38.2. The van der Waals surface area contributed by atoms with Gasteiger partial charge in [0.1, 0.15) is 24.4 Å². The number of ether oxygens (including phenoxy) is 2.